The zero-order valence-corrected chi connectivity index (χ0v) is 33.0. The van der Waals surface area contributed by atoms with E-state index >= 15 is 0 Å². The van der Waals surface area contributed by atoms with Gasteiger partial charge in [-0.05, 0) is 97.2 Å². The predicted octanol–water partition coefficient (Wildman–Crippen LogP) is 5.14. The molecule has 2 aromatic rings. The van der Waals surface area contributed by atoms with Crippen molar-refractivity contribution in [3.05, 3.63) is 70.3 Å². The minimum Gasteiger partial charge on any atom is -0.490 e. The van der Waals surface area contributed by atoms with Crippen LogP contribution in [0.5, 0.6) is 5.75 Å². The van der Waals surface area contributed by atoms with Crippen molar-refractivity contribution in [3.8, 4) is 5.75 Å². The number of nitrogens with zero attached hydrogens (tertiary/aromatic N) is 3. The fourth-order valence-corrected chi connectivity index (χ4v) is 11.5. The van der Waals surface area contributed by atoms with Crippen LogP contribution < -0.4 is 14.4 Å². The van der Waals surface area contributed by atoms with E-state index in [-0.39, 0.29) is 28.9 Å². The number of methoxy groups -OCH3 is 1. The maximum absolute atomic E-state index is 13.6. The van der Waals surface area contributed by atoms with Gasteiger partial charge >= 0.3 is 0 Å². The standard InChI is InChI=1S/C41H55ClN4O6S/c1-28-12-14-41(50-3,26-44-15-17-45(18-16-44)34-22-51-23-34)36-9-6-32(36)21-46-25-40(13-4-5-30-19-33(42)8-10-35(30)40)27-52-38-11-7-31(20-37(38)46)39(47)43-53(48,49)24-29(28)2/h7-8,10-12,14,19-20,28-29,32,34,36H,4-6,9,13,15-18,21-27H2,1-3H3,(H,43,47)/b14-12+/t28-,29+,32-,36+,40-,41-/m0/s1. The summed E-state index contributed by atoms with van der Waals surface area (Å²) in [5, 5.41) is 0.748. The first-order chi connectivity index (χ1) is 25.5. The number of anilines is 1. The number of nitrogens with one attached hydrogen (secondary N) is 1. The Morgan fingerprint density at radius 2 is 1.87 bits per heavy atom. The van der Waals surface area contributed by atoms with Gasteiger partial charge in [-0.3, -0.25) is 14.6 Å². The Morgan fingerprint density at radius 3 is 2.58 bits per heavy atom. The van der Waals surface area contributed by atoms with Crippen molar-refractivity contribution in [2.45, 2.75) is 63.0 Å². The van der Waals surface area contributed by atoms with Crippen molar-refractivity contribution >= 4 is 33.2 Å². The van der Waals surface area contributed by atoms with Crippen LogP contribution >= 0.6 is 11.6 Å². The van der Waals surface area contributed by atoms with Gasteiger partial charge in [0.1, 0.15) is 11.4 Å². The van der Waals surface area contributed by atoms with E-state index in [0.29, 0.717) is 24.1 Å². The Bertz CT molecular complexity index is 1830. The first-order valence-corrected chi connectivity index (χ1v) is 21.6. The summed E-state index contributed by atoms with van der Waals surface area (Å²) < 4.78 is 48.1. The summed E-state index contributed by atoms with van der Waals surface area (Å²) in [6.07, 6.45) is 9.57. The Kier molecular flexibility index (Phi) is 10.4. The van der Waals surface area contributed by atoms with Gasteiger partial charge in [0, 0.05) is 68.9 Å². The second-order valence-corrected chi connectivity index (χ2v) is 19.0. The highest BCUT2D eigenvalue weighted by atomic mass is 35.5. The lowest BCUT2D eigenvalue weighted by atomic mass is 9.63. The largest absolute Gasteiger partial charge is 0.490 e. The number of fused-ring (bicyclic) bond motifs is 4. The topological polar surface area (TPSA) is 101 Å². The molecule has 1 saturated carbocycles. The molecule has 0 aromatic heterocycles. The van der Waals surface area contributed by atoms with Gasteiger partial charge in [-0.1, -0.05) is 43.7 Å². The number of carbonyl (C=O) groups excluding carboxylic acids is 1. The summed E-state index contributed by atoms with van der Waals surface area (Å²) in [7, 11) is -2.05. The number of benzene rings is 2. The molecule has 2 saturated heterocycles. The summed E-state index contributed by atoms with van der Waals surface area (Å²) >= 11 is 6.51. The molecule has 1 amide bonds. The lowest BCUT2D eigenvalue weighted by Gasteiger charge is -2.52. The third-order valence-corrected chi connectivity index (χ3v) is 15.2. The predicted molar refractivity (Wildman–Crippen MR) is 208 cm³/mol. The highest BCUT2D eigenvalue weighted by molar-refractivity contribution is 7.90. The van der Waals surface area contributed by atoms with Crippen LogP contribution in [0, 0.1) is 23.7 Å². The van der Waals surface area contributed by atoms with Crippen molar-refractivity contribution in [1.82, 2.24) is 14.5 Å². The third kappa shape index (κ3) is 7.38. The lowest BCUT2D eigenvalue weighted by molar-refractivity contribution is -0.107. The number of hydrogen-bond acceptors (Lipinski definition) is 9. The highest BCUT2D eigenvalue weighted by Gasteiger charge is 2.50. The fraction of sp³-hybridized carbons (Fsp3) is 0.634. The molecule has 6 atom stereocenters. The van der Waals surface area contributed by atoms with Crippen LogP contribution in [0.15, 0.2) is 48.6 Å². The van der Waals surface area contributed by atoms with Gasteiger partial charge in [-0.15, -0.1) is 0 Å². The molecular formula is C41H55ClN4O6S. The average molecular weight is 767 g/mol. The Labute approximate surface area is 320 Å². The molecule has 12 heteroatoms. The molecule has 1 spiro atoms. The maximum atomic E-state index is 13.6. The van der Waals surface area contributed by atoms with E-state index in [0.717, 1.165) is 108 Å². The van der Waals surface area contributed by atoms with E-state index < -0.39 is 21.5 Å². The number of carbonyl (C=O) groups is 1. The van der Waals surface area contributed by atoms with E-state index in [9.17, 15) is 13.2 Å². The van der Waals surface area contributed by atoms with Gasteiger partial charge in [0.05, 0.1) is 37.3 Å². The van der Waals surface area contributed by atoms with Gasteiger partial charge in [0.2, 0.25) is 10.0 Å². The number of allylic oxidation sites excluding steroid dienone is 1. The van der Waals surface area contributed by atoms with Crippen molar-refractivity contribution in [2.75, 3.05) is 83.4 Å². The smallest absolute Gasteiger partial charge is 0.264 e. The molecule has 2 aromatic carbocycles. The molecule has 6 aliphatic rings. The molecule has 8 rings (SSSR count). The molecule has 0 radical (unpaired) electrons. The maximum Gasteiger partial charge on any atom is 0.264 e. The number of piperazine rings is 1. The summed E-state index contributed by atoms with van der Waals surface area (Å²) in [6, 6.07) is 12.2. The van der Waals surface area contributed by atoms with Crippen LogP contribution in [0.3, 0.4) is 0 Å². The van der Waals surface area contributed by atoms with Crippen LogP contribution in [-0.2, 0) is 31.3 Å². The Morgan fingerprint density at radius 1 is 1.06 bits per heavy atom. The monoisotopic (exact) mass is 766 g/mol. The first-order valence-electron chi connectivity index (χ1n) is 19.6. The zero-order valence-electron chi connectivity index (χ0n) is 31.4. The van der Waals surface area contributed by atoms with Gasteiger partial charge < -0.3 is 19.1 Å². The molecule has 288 valence electrons. The first kappa shape index (κ1) is 37.3. The number of sulfonamides is 1. The van der Waals surface area contributed by atoms with E-state index in [1.54, 1.807) is 6.07 Å². The summed E-state index contributed by atoms with van der Waals surface area (Å²) in [6.45, 7) is 12.4. The molecule has 53 heavy (non-hydrogen) atoms. The van der Waals surface area contributed by atoms with Gasteiger partial charge in [0.15, 0.2) is 0 Å². The molecule has 0 unspecified atom stereocenters. The second-order valence-electron chi connectivity index (χ2n) is 16.8. The van der Waals surface area contributed by atoms with Crippen LogP contribution in [0.4, 0.5) is 5.69 Å². The molecule has 10 nitrogen and oxygen atoms in total. The molecule has 2 bridgehead atoms. The molecule has 3 fully saturated rings. The second kappa shape index (κ2) is 14.8. The number of ether oxygens (including phenoxy) is 3. The lowest BCUT2D eigenvalue weighted by Crippen LogP contribution is -2.61. The number of amides is 1. The minimum atomic E-state index is -3.91. The number of aryl methyl sites for hydroxylation is 1. The van der Waals surface area contributed by atoms with Crippen LogP contribution in [0.25, 0.3) is 0 Å². The van der Waals surface area contributed by atoms with Gasteiger partial charge in [-0.25, -0.2) is 13.1 Å². The molecule has 4 heterocycles. The summed E-state index contributed by atoms with van der Waals surface area (Å²) in [5.41, 5.74) is 2.90. The Balaban J connectivity index is 1.17. The van der Waals surface area contributed by atoms with Crippen molar-refractivity contribution in [1.29, 1.82) is 0 Å². The third-order valence-electron chi connectivity index (χ3n) is 13.5. The fourth-order valence-electron chi connectivity index (χ4n) is 9.86. The summed E-state index contributed by atoms with van der Waals surface area (Å²) in [4.78, 5) is 21.1. The van der Waals surface area contributed by atoms with Gasteiger partial charge in [0.25, 0.3) is 5.91 Å². The van der Waals surface area contributed by atoms with Crippen molar-refractivity contribution < 1.29 is 27.4 Å². The highest BCUT2D eigenvalue weighted by Crippen LogP contribution is 2.49. The Hall–Kier alpha value is -2.67. The molecule has 2 aliphatic carbocycles. The zero-order chi connectivity index (χ0) is 37.0. The summed E-state index contributed by atoms with van der Waals surface area (Å²) in [5.74, 6) is 0.272. The molecule has 4 aliphatic heterocycles. The number of hydrogen-bond donors (Lipinski definition) is 1. The quantitative estimate of drug-likeness (QED) is 0.425. The number of rotatable bonds is 4. The average Bonchev–Trinajstić information content (AvgIpc) is 3.24. The van der Waals surface area contributed by atoms with Crippen LogP contribution in [-0.4, -0.2) is 114 Å². The van der Waals surface area contributed by atoms with Crippen LogP contribution in [0.2, 0.25) is 5.02 Å². The molecule has 1 N–H and O–H groups in total. The van der Waals surface area contributed by atoms with E-state index in [1.165, 1.54) is 11.1 Å². The van der Waals surface area contributed by atoms with E-state index in [1.807, 2.05) is 32.2 Å². The van der Waals surface area contributed by atoms with Crippen molar-refractivity contribution in [3.63, 3.8) is 0 Å². The van der Waals surface area contributed by atoms with Crippen LogP contribution in [0.1, 0.15) is 61.0 Å². The SMILES string of the molecule is CO[C@]1(CN2CCN(C3COC3)CC2)/C=C/[C@H](C)[C@H](C)CS(=O)(=O)NC(=O)c2ccc3c(c2)N(C[C@@H]2CC[C@H]21)C[C@@]1(CCCc2cc(Cl)ccc21)CO3. The van der Waals surface area contributed by atoms with Gasteiger partial charge in [-0.2, -0.15) is 0 Å². The minimum absolute atomic E-state index is 0.0496. The normalized spacial score (nSPS) is 34.4. The van der Waals surface area contributed by atoms with E-state index in [2.05, 4.69) is 50.6 Å². The number of halogens is 1. The van der Waals surface area contributed by atoms with Crippen molar-refractivity contribution in [2.24, 2.45) is 23.7 Å². The molecular weight excluding hydrogens is 712 g/mol. The van der Waals surface area contributed by atoms with E-state index in [4.69, 9.17) is 25.8 Å².